The monoisotopic (exact) mass is 747 g/mol. The number of methoxy groups -OCH3 is 1. The van der Waals surface area contributed by atoms with Crippen LogP contribution in [0.5, 0.6) is 11.8 Å². The summed E-state index contributed by atoms with van der Waals surface area (Å²) in [5.74, 6) is 3.41. The maximum absolute atomic E-state index is 13.5. The average molecular weight is 748 g/mol. The summed E-state index contributed by atoms with van der Waals surface area (Å²) >= 11 is 0. The first-order chi connectivity index (χ1) is 26.6. The molecule has 55 heavy (non-hydrogen) atoms. The fourth-order valence-corrected chi connectivity index (χ4v) is 8.17. The number of nitriles is 1. The molecule has 1 aromatic heterocycles. The lowest BCUT2D eigenvalue weighted by Crippen LogP contribution is -2.55. The Kier molecular flexibility index (Phi) is 11.3. The minimum absolute atomic E-state index is 0.0177. The van der Waals surface area contributed by atoms with Gasteiger partial charge in [0.1, 0.15) is 18.2 Å². The summed E-state index contributed by atoms with van der Waals surface area (Å²) in [4.78, 5) is 44.1. The number of hydrogen-bond acceptors (Lipinski definition) is 11. The van der Waals surface area contributed by atoms with Crippen LogP contribution in [0.2, 0.25) is 0 Å². The number of rotatable bonds is 11. The van der Waals surface area contributed by atoms with E-state index in [1.807, 2.05) is 24.3 Å². The smallest absolute Gasteiger partial charge is 0.318 e. The number of carbonyl (C=O) groups excluding carboxylic acids is 2. The molecule has 0 spiro atoms. The van der Waals surface area contributed by atoms with E-state index in [9.17, 15) is 20.0 Å². The number of aromatic nitrogens is 2. The van der Waals surface area contributed by atoms with Gasteiger partial charge in [0.2, 0.25) is 11.8 Å². The predicted molar refractivity (Wildman–Crippen MR) is 206 cm³/mol. The second-order valence-electron chi connectivity index (χ2n) is 15.2. The highest BCUT2D eigenvalue weighted by Crippen LogP contribution is 2.47. The van der Waals surface area contributed by atoms with Gasteiger partial charge < -0.3 is 34.0 Å². The first kappa shape index (κ1) is 38.1. The lowest BCUT2D eigenvalue weighted by atomic mass is 9.92. The van der Waals surface area contributed by atoms with Crippen molar-refractivity contribution in [3.05, 3.63) is 64.9 Å². The van der Waals surface area contributed by atoms with E-state index in [1.54, 1.807) is 49.2 Å². The van der Waals surface area contributed by atoms with Crippen molar-refractivity contribution in [3.8, 4) is 30.2 Å². The van der Waals surface area contributed by atoms with Crippen LogP contribution in [0.15, 0.2) is 42.5 Å². The number of piperidine rings is 1. The Bertz CT molecular complexity index is 2040. The molecule has 1 aliphatic carbocycles. The van der Waals surface area contributed by atoms with Gasteiger partial charge in [-0.1, -0.05) is 24.1 Å². The van der Waals surface area contributed by atoms with Gasteiger partial charge in [0.15, 0.2) is 0 Å². The van der Waals surface area contributed by atoms with Crippen LogP contribution in [0.25, 0.3) is 10.8 Å². The van der Waals surface area contributed by atoms with Gasteiger partial charge in [0.05, 0.1) is 48.5 Å². The molecule has 13 heteroatoms. The molecular weight excluding hydrogens is 699 g/mol. The number of aromatic hydroxyl groups is 1. The Balaban J connectivity index is 1.15. The minimum atomic E-state index is -0.599. The molecule has 4 heterocycles. The molecule has 3 aliphatic heterocycles. The van der Waals surface area contributed by atoms with E-state index < -0.39 is 11.5 Å². The van der Waals surface area contributed by atoms with Crippen LogP contribution in [0.4, 0.5) is 5.82 Å². The van der Waals surface area contributed by atoms with Crippen LogP contribution in [-0.2, 0) is 32.1 Å². The average Bonchev–Trinajstić information content (AvgIpc) is 4.00. The van der Waals surface area contributed by atoms with Crippen LogP contribution in [0, 0.1) is 29.1 Å². The first-order valence-electron chi connectivity index (χ1n) is 19.1. The van der Waals surface area contributed by atoms with Crippen LogP contribution < -0.4 is 9.64 Å². The number of ether oxygens (including phenoxy) is 3. The summed E-state index contributed by atoms with van der Waals surface area (Å²) in [6.45, 7) is 4.13. The number of phenolic OH excluding ortho intramolecular Hbond substituents is 1. The Hall–Kier alpha value is -5.21. The molecule has 2 saturated heterocycles. The van der Waals surface area contributed by atoms with Crippen LogP contribution in [-0.4, -0.2) is 121 Å². The molecule has 2 aromatic carbocycles. The maximum atomic E-state index is 13.5. The minimum Gasteiger partial charge on any atom is -0.508 e. The molecule has 0 radical (unpaired) electrons. The van der Waals surface area contributed by atoms with Gasteiger partial charge in [0, 0.05) is 89.5 Å². The fraction of sp³-hybridized carbons (Fsp3) is 0.500. The zero-order chi connectivity index (χ0) is 38.7. The Morgan fingerprint density at radius 2 is 1.96 bits per heavy atom. The molecule has 3 fully saturated rings. The van der Waals surface area contributed by atoms with E-state index in [4.69, 9.17) is 30.6 Å². The number of benzene rings is 2. The van der Waals surface area contributed by atoms with Crippen molar-refractivity contribution in [2.45, 2.75) is 63.4 Å². The van der Waals surface area contributed by atoms with E-state index in [0.717, 1.165) is 66.4 Å². The highest BCUT2D eigenvalue weighted by atomic mass is 16.5. The van der Waals surface area contributed by atoms with Crippen molar-refractivity contribution < 1.29 is 28.9 Å². The second-order valence-corrected chi connectivity index (χ2v) is 15.2. The summed E-state index contributed by atoms with van der Waals surface area (Å²) in [5.41, 5.74) is 2.38. The van der Waals surface area contributed by atoms with E-state index in [1.165, 1.54) is 0 Å². The molecule has 1 saturated carbocycles. The Labute approximate surface area is 322 Å². The quantitative estimate of drug-likeness (QED) is 0.225. The zero-order valence-corrected chi connectivity index (χ0v) is 31.9. The summed E-state index contributed by atoms with van der Waals surface area (Å²) < 4.78 is 18.3. The van der Waals surface area contributed by atoms with Gasteiger partial charge in [-0.05, 0) is 54.8 Å². The molecule has 4 aliphatic rings. The fourth-order valence-electron chi connectivity index (χ4n) is 8.17. The molecule has 7 rings (SSSR count). The van der Waals surface area contributed by atoms with E-state index >= 15 is 0 Å². The van der Waals surface area contributed by atoms with Crippen LogP contribution >= 0.6 is 0 Å². The third-order valence-electron chi connectivity index (χ3n) is 11.4. The van der Waals surface area contributed by atoms with Gasteiger partial charge in [0.25, 0.3) is 0 Å². The van der Waals surface area contributed by atoms with Crippen molar-refractivity contribution in [3.63, 3.8) is 0 Å². The van der Waals surface area contributed by atoms with Crippen molar-refractivity contribution in [2.24, 2.45) is 5.41 Å². The van der Waals surface area contributed by atoms with E-state index in [-0.39, 0.29) is 49.3 Å². The van der Waals surface area contributed by atoms with Gasteiger partial charge >= 0.3 is 6.01 Å². The Morgan fingerprint density at radius 1 is 1.16 bits per heavy atom. The van der Waals surface area contributed by atoms with Crippen LogP contribution in [0.3, 0.4) is 0 Å². The van der Waals surface area contributed by atoms with Gasteiger partial charge in [-0.3, -0.25) is 14.5 Å². The lowest BCUT2D eigenvalue weighted by Gasteiger charge is -2.42. The molecule has 2 amide bonds. The highest BCUT2D eigenvalue weighted by Gasteiger charge is 2.52. The molecule has 2 atom stereocenters. The third-order valence-corrected chi connectivity index (χ3v) is 11.4. The largest absolute Gasteiger partial charge is 0.508 e. The normalized spacial score (nSPS) is 21.2. The first-order valence-corrected chi connectivity index (χ1v) is 19.1. The number of carbonyl (C=O) groups is 2. The Morgan fingerprint density at radius 3 is 2.67 bits per heavy atom. The predicted octanol–water partition coefficient (Wildman–Crippen LogP) is 3.98. The summed E-state index contributed by atoms with van der Waals surface area (Å²) in [7, 11) is 5.25. The molecule has 0 bridgehead atoms. The number of phenols is 1. The zero-order valence-electron chi connectivity index (χ0n) is 31.9. The number of nitrogens with zero attached hydrogens (tertiary/aromatic N) is 7. The van der Waals surface area contributed by atoms with Crippen molar-refractivity contribution in [1.29, 1.82) is 5.26 Å². The molecule has 288 valence electrons. The molecule has 13 nitrogen and oxygen atoms in total. The topological polar surface area (TPSA) is 145 Å². The number of anilines is 1. The van der Waals surface area contributed by atoms with Gasteiger partial charge in [-0.15, -0.1) is 6.42 Å². The second kappa shape index (κ2) is 16.3. The van der Waals surface area contributed by atoms with Crippen molar-refractivity contribution in [2.75, 3.05) is 72.0 Å². The lowest BCUT2D eigenvalue weighted by molar-refractivity contribution is -0.135. The van der Waals surface area contributed by atoms with E-state index in [0.29, 0.717) is 50.1 Å². The van der Waals surface area contributed by atoms with Crippen LogP contribution in [0.1, 0.15) is 60.6 Å². The van der Waals surface area contributed by atoms with Gasteiger partial charge in [-0.2, -0.15) is 15.2 Å². The van der Waals surface area contributed by atoms with Crippen molar-refractivity contribution >= 4 is 28.4 Å². The summed E-state index contributed by atoms with van der Waals surface area (Å²) in [6.07, 6.45) is 13.2. The number of fused-ring (bicyclic) bond motifs is 2. The van der Waals surface area contributed by atoms with E-state index in [2.05, 4.69) is 21.8 Å². The number of likely N-dealkylation sites (tertiary alicyclic amines) is 1. The number of hydrogen-bond donors (Lipinski definition) is 1. The maximum Gasteiger partial charge on any atom is 0.318 e. The molecule has 1 N–H and O–H groups in total. The SMILES string of the molecule is C#Cc1cccc2cc(O)cc([C@@H]3Cc4nc(OCC5(C(=O)N(C)C)CC5)nc(N5CCN(C(=O)/C=C/CN6CCC(OC)CC6)[C@@H](CC#N)C5)c4CO3)c12. The molecular formula is C42H49N7O6. The standard InChI is InChI=1S/C42H49N7O6/c1-5-28-8-6-9-29-22-31(50)23-33(38(28)29)36-24-35-34(26-54-36)39(45-41(44-35)55-27-42(14-15-42)40(52)46(2)3)48-20-21-49(30(25-48)11-16-43)37(51)10-7-17-47-18-12-32(53-4)13-19-47/h1,6-10,22-23,30,32,36,50H,11-15,17-21,24-27H2,2-4H3/b10-7+/t30-,36-/m0/s1. The highest BCUT2D eigenvalue weighted by molar-refractivity contribution is 5.92. The molecule has 0 unspecified atom stereocenters. The summed E-state index contributed by atoms with van der Waals surface area (Å²) in [5, 5.41) is 22.2. The number of amides is 2. The van der Waals surface area contributed by atoms with Gasteiger partial charge in [-0.25, -0.2) is 0 Å². The molecule has 3 aromatic rings. The number of terminal acetylenes is 1. The number of piperazine rings is 1. The third kappa shape index (κ3) is 8.11. The van der Waals surface area contributed by atoms with Crippen molar-refractivity contribution in [1.82, 2.24) is 24.7 Å². The summed E-state index contributed by atoms with van der Waals surface area (Å²) in [6, 6.07) is 11.1.